The second-order valence-electron chi connectivity index (χ2n) is 7.65. The van der Waals surface area contributed by atoms with E-state index >= 15 is 0 Å². The second kappa shape index (κ2) is 8.53. The summed E-state index contributed by atoms with van der Waals surface area (Å²) in [5.74, 6) is -0.0171. The number of nitrogens with one attached hydrogen (secondary N) is 2. The summed E-state index contributed by atoms with van der Waals surface area (Å²) in [5.41, 5.74) is 5.07. The Morgan fingerprint density at radius 2 is 1.90 bits per heavy atom. The van der Waals surface area contributed by atoms with E-state index in [1.165, 1.54) is 0 Å². The molecule has 0 aliphatic carbocycles. The van der Waals surface area contributed by atoms with E-state index in [2.05, 4.69) is 15.7 Å². The quantitative estimate of drug-likeness (QED) is 0.593. The smallest absolute Gasteiger partial charge is 0.251 e. The lowest BCUT2D eigenvalue weighted by Crippen LogP contribution is -2.24. The molecule has 1 unspecified atom stereocenters. The lowest BCUT2D eigenvalue weighted by molar-refractivity contribution is -0.123. The van der Waals surface area contributed by atoms with E-state index in [0.29, 0.717) is 22.2 Å². The van der Waals surface area contributed by atoms with Crippen LogP contribution in [0.15, 0.2) is 42.5 Å². The van der Waals surface area contributed by atoms with Crippen molar-refractivity contribution in [2.75, 3.05) is 17.7 Å². The van der Waals surface area contributed by atoms with Gasteiger partial charge in [-0.25, -0.2) is 4.68 Å². The highest BCUT2D eigenvalue weighted by molar-refractivity contribution is 6.33. The molecule has 1 aliphatic heterocycles. The first kappa shape index (κ1) is 21.1. The molecule has 0 saturated heterocycles. The Hall–Kier alpha value is -3.16. The Kier molecular flexibility index (Phi) is 5.80. The molecule has 0 bridgehead atoms. The van der Waals surface area contributed by atoms with Gasteiger partial charge in [0, 0.05) is 12.7 Å². The van der Waals surface area contributed by atoms with Crippen molar-refractivity contribution < 1.29 is 14.3 Å². The minimum atomic E-state index is -0.756. The van der Waals surface area contributed by atoms with Crippen molar-refractivity contribution in [3.63, 3.8) is 0 Å². The van der Waals surface area contributed by atoms with Crippen LogP contribution in [0.2, 0.25) is 5.02 Å². The highest BCUT2D eigenvalue weighted by Crippen LogP contribution is 2.39. The highest BCUT2D eigenvalue weighted by atomic mass is 35.5. The second-order valence-corrected chi connectivity index (χ2v) is 8.06. The van der Waals surface area contributed by atoms with Gasteiger partial charge in [-0.2, -0.15) is 5.10 Å². The van der Waals surface area contributed by atoms with Crippen molar-refractivity contribution in [2.24, 2.45) is 0 Å². The number of aromatic nitrogens is 2. The lowest BCUT2D eigenvalue weighted by atomic mass is 10.0. The van der Waals surface area contributed by atoms with E-state index in [4.69, 9.17) is 16.3 Å². The molecule has 0 spiro atoms. The average molecular weight is 439 g/mol. The van der Waals surface area contributed by atoms with Crippen molar-refractivity contribution in [1.82, 2.24) is 9.78 Å². The summed E-state index contributed by atoms with van der Waals surface area (Å²) in [6.07, 6.45) is -0.0650. The van der Waals surface area contributed by atoms with Gasteiger partial charge in [-0.3, -0.25) is 9.59 Å². The fraction of sp³-hybridized carbons (Fsp3) is 0.261. The lowest BCUT2D eigenvalue weighted by Gasteiger charge is -2.11. The molecule has 160 valence electrons. The molecular weight excluding hydrogens is 416 g/mol. The zero-order valence-electron chi connectivity index (χ0n) is 17.5. The summed E-state index contributed by atoms with van der Waals surface area (Å²) in [4.78, 5) is 25.4. The minimum Gasteiger partial charge on any atom is -0.378 e. The van der Waals surface area contributed by atoms with Crippen molar-refractivity contribution in [3.8, 4) is 11.1 Å². The largest absolute Gasteiger partial charge is 0.378 e. The van der Waals surface area contributed by atoms with Crippen LogP contribution in [-0.4, -0.2) is 28.7 Å². The van der Waals surface area contributed by atoms with Gasteiger partial charge >= 0.3 is 0 Å². The van der Waals surface area contributed by atoms with Gasteiger partial charge in [0.1, 0.15) is 11.9 Å². The normalized spacial score (nSPS) is 15.0. The van der Waals surface area contributed by atoms with Gasteiger partial charge in [0.15, 0.2) is 0 Å². The molecule has 2 amide bonds. The predicted molar refractivity (Wildman–Crippen MR) is 120 cm³/mol. The number of aryl methyl sites for hydroxylation is 2. The molecule has 2 heterocycles. The Labute approximate surface area is 185 Å². The molecule has 1 atom stereocenters. The van der Waals surface area contributed by atoms with E-state index in [9.17, 15) is 9.59 Å². The van der Waals surface area contributed by atoms with Gasteiger partial charge in [0.25, 0.3) is 5.91 Å². The van der Waals surface area contributed by atoms with Crippen LogP contribution in [0.25, 0.3) is 11.1 Å². The number of benzene rings is 2. The summed E-state index contributed by atoms with van der Waals surface area (Å²) in [6.45, 7) is 4.22. The number of halogens is 1. The first-order valence-electron chi connectivity index (χ1n) is 9.91. The number of carbonyl (C=O) groups excluding carboxylic acids is 2. The van der Waals surface area contributed by atoms with Gasteiger partial charge in [0.2, 0.25) is 5.91 Å². The minimum absolute atomic E-state index is 0.0650. The van der Waals surface area contributed by atoms with E-state index in [1.54, 1.807) is 23.9 Å². The summed E-state index contributed by atoms with van der Waals surface area (Å²) in [7, 11) is 1.60. The molecule has 0 saturated carbocycles. The van der Waals surface area contributed by atoms with Crippen LogP contribution in [0.5, 0.6) is 0 Å². The molecule has 31 heavy (non-hydrogen) atoms. The van der Waals surface area contributed by atoms with E-state index < -0.39 is 6.04 Å². The standard InChI is InChI=1S/C23H23ClN4O3/c1-13-4-7-15(8-5-13)21-18(12-31-3)27-28-19(23(30)26-22(21)28)11-20(29)25-17-9-6-14(2)10-16(17)24/h4-10,19H,11-12H2,1-3H3,(H,25,29)(H,26,30). The Balaban J connectivity index is 1.62. The van der Waals surface area contributed by atoms with Crippen molar-refractivity contribution >= 4 is 34.9 Å². The summed E-state index contributed by atoms with van der Waals surface area (Å²) < 4.78 is 6.90. The molecule has 1 aliphatic rings. The summed E-state index contributed by atoms with van der Waals surface area (Å²) >= 11 is 6.21. The third kappa shape index (κ3) is 4.19. The van der Waals surface area contributed by atoms with Crippen LogP contribution in [0.4, 0.5) is 11.5 Å². The first-order valence-corrected chi connectivity index (χ1v) is 10.3. The van der Waals surface area contributed by atoms with E-state index in [0.717, 1.165) is 22.3 Å². The Bertz CT molecular complexity index is 1150. The number of anilines is 2. The zero-order chi connectivity index (χ0) is 22.1. The molecule has 0 fully saturated rings. The third-order valence-electron chi connectivity index (χ3n) is 5.22. The number of fused-ring (bicyclic) bond motifs is 1. The summed E-state index contributed by atoms with van der Waals surface area (Å²) in [6, 6.07) is 12.6. The van der Waals surface area contributed by atoms with Crippen LogP contribution in [0.1, 0.15) is 29.3 Å². The summed E-state index contributed by atoms with van der Waals surface area (Å²) in [5, 5.41) is 10.7. The molecule has 8 heteroatoms. The zero-order valence-corrected chi connectivity index (χ0v) is 18.3. The number of nitrogens with zero attached hydrogens (tertiary/aromatic N) is 2. The highest BCUT2D eigenvalue weighted by Gasteiger charge is 2.37. The topological polar surface area (TPSA) is 85.2 Å². The van der Waals surface area contributed by atoms with Crippen molar-refractivity contribution in [3.05, 3.63) is 64.3 Å². The van der Waals surface area contributed by atoms with Crippen LogP contribution in [0.3, 0.4) is 0 Å². The Morgan fingerprint density at radius 3 is 2.58 bits per heavy atom. The monoisotopic (exact) mass is 438 g/mol. The van der Waals surface area contributed by atoms with Gasteiger partial charge in [-0.05, 0) is 37.1 Å². The number of rotatable bonds is 6. The third-order valence-corrected chi connectivity index (χ3v) is 5.53. The van der Waals surface area contributed by atoms with Crippen LogP contribution in [-0.2, 0) is 20.9 Å². The van der Waals surface area contributed by atoms with Crippen LogP contribution >= 0.6 is 11.6 Å². The maximum absolute atomic E-state index is 12.7. The Morgan fingerprint density at radius 1 is 1.19 bits per heavy atom. The first-order chi connectivity index (χ1) is 14.9. The molecule has 4 rings (SSSR count). The van der Waals surface area contributed by atoms with E-state index in [-0.39, 0.29) is 24.8 Å². The predicted octanol–water partition coefficient (Wildman–Crippen LogP) is 4.49. The number of amides is 2. The van der Waals surface area contributed by atoms with Crippen LogP contribution in [0, 0.1) is 13.8 Å². The number of hydrogen-bond acceptors (Lipinski definition) is 4. The average Bonchev–Trinajstić information content (AvgIpc) is 3.20. The number of methoxy groups -OCH3 is 1. The number of ether oxygens (including phenoxy) is 1. The molecule has 7 nitrogen and oxygen atoms in total. The van der Waals surface area contributed by atoms with Gasteiger partial charge in [0.05, 0.1) is 29.4 Å². The molecule has 0 radical (unpaired) electrons. The van der Waals surface area contributed by atoms with Gasteiger partial charge < -0.3 is 15.4 Å². The maximum atomic E-state index is 12.7. The van der Waals surface area contributed by atoms with Crippen molar-refractivity contribution in [1.29, 1.82) is 0 Å². The fourth-order valence-corrected chi connectivity index (χ4v) is 3.96. The van der Waals surface area contributed by atoms with Crippen molar-refractivity contribution in [2.45, 2.75) is 32.9 Å². The number of hydrogen-bond donors (Lipinski definition) is 2. The molecule has 2 N–H and O–H groups in total. The van der Waals surface area contributed by atoms with E-state index in [1.807, 2.05) is 44.2 Å². The molecule has 1 aromatic heterocycles. The van der Waals surface area contributed by atoms with Crippen LogP contribution < -0.4 is 10.6 Å². The van der Waals surface area contributed by atoms with Gasteiger partial charge in [-0.15, -0.1) is 0 Å². The fourth-order valence-electron chi connectivity index (χ4n) is 3.68. The SMILES string of the molecule is COCc1nn2c(c1-c1ccc(C)cc1)NC(=O)C2CC(=O)Nc1ccc(C)cc1Cl. The molecular formula is C23H23ClN4O3. The van der Waals surface area contributed by atoms with Gasteiger partial charge in [-0.1, -0.05) is 47.5 Å². The maximum Gasteiger partial charge on any atom is 0.251 e. The number of carbonyl (C=O) groups is 2. The molecule has 2 aromatic carbocycles. The molecule has 3 aromatic rings.